The van der Waals surface area contributed by atoms with Crippen molar-refractivity contribution in [1.29, 1.82) is 0 Å². The van der Waals surface area contributed by atoms with Crippen molar-refractivity contribution < 1.29 is 4.79 Å². The van der Waals surface area contributed by atoms with Gasteiger partial charge in [0.05, 0.1) is 0 Å². The van der Waals surface area contributed by atoms with E-state index in [0.29, 0.717) is 4.99 Å². The topological polar surface area (TPSA) is 32.3 Å². The standard InChI is InChI=1S/C7H12N2OS/c1-6(10)7(11)9-4-2-8-3-5-9/h8H,2-5H2,1H3. The van der Waals surface area contributed by atoms with E-state index < -0.39 is 0 Å². The van der Waals surface area contributed by atoms with E-state index in [9.17, 15) is 4.79 Å². The van der Waals surface area contributed by atoms with Crippen molar-refractivity contribution in [3.8, 4) is 0 Å². The highest BCUT2D eigenvalue weighted by atomic mass is 32.1. The highest BCUT2D eigenvalue weighted by Crippen LogP contribution is 1.95. The van der Waals surface area contributed by atoms with Crippen LogP contribution in [0.1, 0.15) is 6.92 Å². The van der Waals surface area contributed by atoms with E-state index >= 15 is 0 Å². The first-order valence-corrected chi connectivity index (χ1v) is 4.13. The molecule has 0 amide bonds. The fraction of sp³-hybridized carbons (Fsp3) is 0.714. The monoisotopic (exact) mass is 172 g/mol. The van der Waals surface area contributed by atoms with Crippen LogP contribution in [0.2, 0.25) is 0 Å². The Kier molecular flexibility index (Phi) is 2.96. The van der Waals surface area contributed by atoms with Crippen molar-refractivity contribution in [2.24, 2.45) is 0 Å². The molecule has 62 valence electrons. The summed E-state index contributed by atoms with van der Waals surface area (Å²) in [4.78, 5) is 13.3. The molecule has 0 atom stereocenters. The summed E-state index contributed by atoms with van der Waals surface area (Å²) in [5, 5.41) is 3.20. The Morgan fingerprint density at radius 3 is 2.45 bits per heavy atom. The van der Waals surface area contributed by atoms with Gasteiger partial charge in [0.25, 0.3) is 0 Å². The maximum atomic E-state index is 10.8. The van der Waals surface area contributed by atoms with Gasteiger partial charge in [0.15, 0.2) is 5.78 Å². The molecule has 1 aliphatic heterocycles. The van der Waals surface area contributed by atoms with E-state index in [1.54, 1.807) is 0 Å². The summed E-state index contributed by atoms with van der Waals surface area (Å²) in [6.45, 7) is 5.09. The van der Waals surface area contributed by atoms with Crippen molar-refractivity contribution >= 4 is 23.0 Å². The third-order valence-electron chi connectivity index (χ3n) is 1.71. The van der Waals surface area contributed by atoms with Gasteiger partial charge in [0.1, 0.15) is 4.99 Å². The zero-order chi connectivity index (χ0) is 8.27. The summed E-state index contributed by atoms with van der Waals surface area (Å²) in [5.41, 5.74) is 0. The molecule has 0 aromatic rings. The molecule has 1 N–H and O–H groups in total. The molecular formula is C7H12N2OS. The largest absolute Gasteiger partial charge is 0.357 e. The van der Waals surface area contributed by atoms with Crippen LogP contribution in [-0.2, 0) is 4.79 Å². The van der Waals surface area contributed by atoms with Crippen LogP contribution >= 0.6 is 12.2 Å². The minimum Gasteiger partial charge on any atom is -0.357 e. The second kappa shape index (κ2) is 3.78. The summed E-state index contributed by atoms with van der Waals surface area (Å²) >= 11 is 4.95. The third kappa shape index (κ3) is 2.24. The summed E-state index contributed by atoms with van der Waals surface area (Å²) < 4.78 is 0. The predicted molar refractivity (Wildman–Crippen MR) is 47.7 cm³/mol. The molecule has 0 aromatic heterocycles. The van der Waals surface area contributed by atoms with Crippen LogP contribution < -0.4 is 5.32 Å². The third-order valence-corrected chi connectivity index (χ3v) is 2.25. The van der Waals surface area contributed by atoms with Crippen molar-refractivity contribution in [2.45, 2.75) is 6.92 Å². The van der Waals surface area contributed by atoms with Gasteiger partial charge in [-0.05, 0) is 0 Å². The zero-order valence-corrected chi connectivity index (χ0v) is 7.41. The van der Waals surface area contributed by atoms with E-state index in [-0.39, 0.29) is 5.78 Å². The second-order valence-electron chi connectivity index (χ2n) is 2.60. The molecule has 1 fully saturated rings. The molecule has 3 nitrogen and oxygen atoms in total. The van der Waals surface area contributed by atoms with E-state index in [1.807, 2.05) is 4.90 Å². The number of hydrogen-bond acceptors (Lipinski definition) is 3. The maximum Gasteiger partial charge on any atom is 0.186 e. The number of carbonyl (C=O) groups excluding carboxylic acids is 1. The van der Waals surface area contributed by atoms with Crippen molar-refractivity contribution in [1.82, 2.24) is 10.2 Å². The Labute approximate surface area is 71.8 Å². The molecule has 0 radical (unpaired) electrons. The number of carbonyl (C=O) groups is 1. The molecule has 1 saturated heterocycles. The highest BCUT2D eigenvalue weighted by Gasteiger charge is 2.15. The first-order chi connectivity index (χ1) is 5.22. The van der Waals surface area contributed by atoms with Gasteiger partial charge in [-0.25, -0.2) is 0 Å². The van der Waals surface area contributed by atoms with E-state index in [1.165, 1.54) is 6.92 Å². The van der Waals surface area contributed by atoms with E-state index in [2.05, 4.69) is 5.32 Å². The van der Waals surface area contributed by atoms with Gasteiger partial charge in [-0.3, -0.25) is 4.79 Å². The number of rotatable bonds is 1. The first-order valence-electron chi connectivity index (χ1n) is 3.72. The molecule has 0 aliphatic carbocycles. The van der Waals surface area contributed by atoms with Crippen molar-refractivity contribution in [3.05, 3.63) is 0 Å². The number of Topliss-reactive ketones (excluding diaryl/α,β-unsaturated/α-hetero) is 1. The predicted octanol–water partition coefficient (Wildman–Crippen LogP) is -0.192. The van der Waals surface area contributed by atoms with E-state index in [0.717, 1.165) is 26.2 Å². The maximum absolute atomic E-state index is 10.8. The molecule has 0 bridgehead atoms. The Morgan fingerprint density at radius 1 is 1.45 bits per heavy atom. The van der Waals surface area contributed by atoms with Crippen LogP contribution in [-0.4, -0.2) is 41.9 Å². The van der Waals surface area contributed by atoms with Crippen LogP contribution in [0.4, 0.5) is 0 Å². The normalized spacial score (nSPS) is 18.1. The lowest BCUT2D eigenvalue weighted by atomic mass is 10.3. The van der Waals surface area contributed by atoms with Gasteiger partial charge in [-0.2, -0.15) is 0 Å². The molecule has 0 aromatic carbocycles. The summed E-state index contributed by atoms with van der Waals surface area (Å²) in [5.74, 6) is 0.00176. The minimum absolute atomic E-state index is 0.00176. The van der Waals surface area contributed by atoms with Gasteiger partial charge >= 0.3 is 0 Å². The number of nitrogens with zero attached hydrogens (tertiary/aromatic N) is 1. The molecule has 0 spiro atoms. The summed E-state index contributed by atoms with van der Waals surface area (Å²) in [6, 6.07) is 0. The smallest absolute Gasteiger partial charge is 0.186 e. The minimum atomic E-state index is 0.00176. The molecule has 1 aliphatic rings. The number of nitrogens with one attached hydrogen (secondary N) is 1. The van der Waals surface area contributed by atoms with Gasteiger partial charge in [-0.15, -0.1) is 0 Å². The highest BCUT2D eigenvalue weighted by molar-refractivity contribution is 7.82. The average Bonchev–Trinajstić information content (AvgIpc) is 2.05. The van der Waals surface area contributed by atoms with Crippen LogP contribution in [0, 0.1) is 0 Å². The number of piperazine rings is 1. The lowest BCUT2D eigenvalue weighted by Crippen LogP contribution is -2.47. The number of thiocarbonyl (C=S) groups is 1. The van der Waals surface area contributed by atoms with Crippen LogP contribution in [0.15, 0.2) is 0 Å². The van der Waals surface area contributed by atoms with E-state index in [4.69, 9.17) is 12.2 Å². The van der Waals surface area contributed by atoms with Gasteiger partial charge in [0, 0.05) is 33.1 Å². The second-order valence-corrected chi connectivity index (χ2v) is 2.99. The lowest BCUT2D eigenvalue weighted by Gasteiger charge is -2.28. The van der Waals surface area contributed by atoms with Crippen LogP contribution in [0.25, 0.3) is 0 Å². The first kappa shape index (κ1) is 8.62. The molecule has 0 saturated carbocycles. The zero-order valence-electron chi connectivity index (χ0n) is 6.59. The van der Waals surface area contributed by atoms with Gasteiger partial charge < -0.3 is 10.2 Å². The molecule has 1 heterocycles. The van der Waals surface area contributed by atoms with Crippen molar-refractivity contribution in [3.63, 3.8) is 0 Å². The molecule has 1 rings (SSSR count). The van der Waals surface area contributed by atoms with Gasteiger partial charge in [0.2, 0.25) is 0 Å². The Balaban J connectivity index is 2.45. The van der Waals surface area contributed by atoms with Gasteiger partial charge in [-0.1, -0.05) is 12.2 Å². The Morgan fingerprint density at radius 2 is 2.00 bits per heavy atom. The molecule has 0 unspecified atom stereocenters. The van der Waals surface area contributed by atoms with Crippen molar-refractivity contribution in [2.75, 3.05) is 26.2 Å². The van der Waals surface area contributed by atoms with Crippen LogP contribution in [0.3, 0.4) is 0 Å². The summed E-state index contributed by atoms with van der Waals surface area (Å²) in [7, 11) is 0. The van der Waals surface area contributed by atoms with Crippen LogP contribution in [0.5, 0.6) is 0 Å². The number of ketones is 1. The Bertz CT molecular complexity index is 175. The fourth-order valence-corrected chi connectivity index (χ4v) is 1.27. The molecule has 4 heteroatoms. The Hall–Kier alpha value is -0.480. The summed E-state index contributed by atoms with van der Waals surface area (Å²) in [6.07, 6.45) is 0. The fourth-order valence-electron chi connectivity index (χ4n) is 1.09. The average molecular weight is 172 g/mol. The quantitative estimate of drug-likeness (QED) is 0.556. The lowest BCUT2D eigenvalue weighted by molar-refractivity contribution is -0.111. The number of hydrogen-bond donors (Lipinski definition) is 1. The molecular weight excluding hydrogens is 160 g/mol. The SMILES string of the molecule is CC(=O)C(=S)N1CCNCC1. The molecule has 11 heavy (non-hydrogen) atoms.